The number of nitrogens with zero attached hydrogens (tertiary/aromatic N) is 3. The second kappa shape index (κ2) is 7.28. The molecule has 2 N–H and O–H groups in total. The molecule has 0 unspecified atom stereocenters. The van der Waals surface area contributed by atoms with Crippen molar-refractivity contribution in [2.24, 2.45) is 0 Å². The average molecular weight is 384 g/mol. The Bertz CT molecular complexity index is 1080. The fraction of sp³-hybridized carbons (Fsp3) is 0.211. The van der Waals surface area contributed by atoms with Gasteiger partial charge in [0.15, 0.2) is 11.5 Å². The summed E-state index contributed by atoms with van der Waals surface area (Å²) in [4.78, 5) is 16.5. The van der Waals surface area contributed by atoms with E-state index >= 15 is 0 Å². The zero-order valence-electron chi connectivity index (χ0n) is 14.9. The number of para-hydroxylation sites is 2. The highest BCUT2D eigenvalue weighted by Gasteiger charge is 2.13. The molecule has 0 radical (unpaired) electrons. The van der Waals surface area contributed by atoms with E-state index in [4.69, 9.17) is 21.1 Å². The van der Waals surface area contributed by atoms with E-state index in [1.165, 1.54) is 0 Å². The van der Waals surface area contributed by atoms with Crippen LogP contribution in [0.1, 0.15) is 5.82 Å². The fourth-order valence-corrected chi connectivity index (χ4v) is 3.16. The molecule has 138 valence electrons. The van der Waals surface area contributed by atoms with Crippen molar-refractivity contribution in [2.75, 3.05) is 26.1 Å². The van der Waals surface area contributed by atoms with Gasteiger partial charge >= 0.3 is 0 Å². The monoisotopic (exact) mass is 383 g/mol. The Morgan fingerprint density at radius 3 is 2.56 bits per heavy atom. The molecule has 0 bridgehead atoms. The maximum atomic E-state index is 6.09. The zero-order valence-corrected chi connectivity index (χ0v) is 15.7. The first-order valence-electron chi connectivity index (χ1n) is 8.44. The molecule has 2 heterocycles. The van der Waals surface area contributed by atoms with Crippen LogP contribution < -0.4 is 14.8 Å². The summed E-state index contributed by atoms with van der Waals surface area (Å²) in [7, 11) is 3.17. The van der Waals surface area contributed by atoms with Gasteiger partial charge in [-0.15, -0.1) is 0 Å². The third-order valence-corrected chi connectivity index (χ3v) is 4.44. The van der Waals surface area contributed by atoms with Crippen molar-refractivity contribution in [1.29, 1.82) is 0 Å². The van der Waals surface area contributed by atoms with Crippen LogP contribution in [0.25, 0.3) is 21.9 Å². The molecule has 4 rings (SSSR count). The van der Waals surface area contributed by atoms with Crippen LogP contribution in [0.15, 0.2) is 36.4 Å². The first kappa shape index (κ1) is 17.4. The second-order valence-electron chi connectivity index (χ2n) is 5.94. The molecule has 4 aromatic rings. The van der Waals surface area contributed by atoms with Gasteiger partial charge in [-0.1, -0.05) is 12.1 Å². The number of rotatable bonds is 6. The number of aromatic amines is 1. The van der Waals surface area contributed by atoms with E-state index in [1.807, 2.05) is 30.3 Å². The summed E-state index contributed by atoms with van der Waals surface area (Å²) < 4.78 is 10.7. The standard InChI is InChI=1S/C19H18ClN5O2/c1-26-15-9-11-14(10-16(15)27-2)24-19(20)25-18(11)21-8-7-17-22-12-5-3-4-6-13(12)23-17/h3-6,9-10H,7-8H2,1-2H3,(H,22,23)(H,21,24,25). The van der Waals surface area contributed by atoms with Gasteiger partial charge in [0, 0.05) is 24.4 Å². The molecule has 8 heteroatoms. The third kappa shape index (κ3) is 3.46. The van der Waals surface area contributed by atoms with Gasteiger partial charge in [-0.2, -0.15) is 0 Å². The number of hydrogen-bond donors (Lipinski definition) is 2. The van der Waals surface area contributed by atoms with Gasteiger partial charge < -0.3 is 19.8 Å². The fourth-order valence-electron chi connectivity index (χ4n) is 2.99. The molecule has 0 aliphatic rings. The molecule has 0 aliphatic heterocycles. The molecule has 0 fully saturated rings. The lowest BCUT2D eigenvalue weighted by Crippen LogP contribution is -2.08. The van der Waals surface area contributed by atoms with Crippen molar-refractivity contribution >= 4 is 39.4 Å². The van der Waals surface area contributed by atoms with Gasteiger partial charge in [-0.3, -0.25) is 0 Å². The first-order valence-corrected chi connectivity index (χ1v) is 8.82. The molecule has 0 saturated carbocycles. The predicted octanol–water partition coefficient (Wildman–Crippen LogP) is 3.83. The van der Waals surface area contributed by atoms with Gasteiger partial charge in [0.2, 0.25) is 5.28 Å². The van der Waals surface area contributed by atoms with E-state index in [-0.39, 0.29) is 5.28 Å². The molecule has 0 amide bonds. The van der Waals surface area contributed by atoms with Crippen molar-refractivity contribution in [2.45, 2.75) is 6.42 Å². The van der Waals surface area contributed by atoms with E-state index in [2.05, 4.69) is 25.3 Å². The van der Waals surface area contributed by atoms with Gasteiger partial charge in [0.1, 0.15) is 11.6 Å². The highest BCUT2D eigenvalue weighted by Crippen LogP contribution is 2.34. The molecule has 0 saturated heterocycles. The van der Waals surface area contributed by atoms with Crippen molar-refractivity contribution < 1.29 is 9.47 Å². The molecule has 0 aliphatic carbocycles. The first-order chi connectivity index (χ1) is 13.2. The number of fused-ring (bicyclic) bond motifs is 2. The van der Waals surface area contributed by atoms with Gasteiger partial charge in [-0.25, -0.2) is 15.0 Å². The number of methoxy groups -OCH3 is 2. The number of ether oxygens (including phenoxy) is 2. The largest absolute Gasteiger partial charge is 0.493 e. The van der Waals surface area contributed by atoms with Crippen LogP contribution in [0.3, 0.4) is 0 Å². The molecule has 2 aromatic heterocycles. The lowest BCUT2D eigenvalue weighted by molar-refractivity contribution is 0.356. The minimum Gasteiger partial charge on any atom is -0.493 e. The van der Waals surface area contributed by atoms with E-state index in [9.17, 15) is 0 Å². The number of halogens is 1. The third-order valence-electron chi connectivity index (χ3n) is 4.27. The molecule has 2 aromatic carbocycles. The average Bonchev–Trinajstić information content (AvgIpc) is 3.09. The van der Waals surface area contributed by atoms with Crippen molar-refractivity contribution in [3.8, 4) is 11.5 Å². The maximum Gasteiger partial charge on any atom is 0.224 e. The summed E-state index contributed by atoms with van der Waals surface area (Å²) >= 11 is 6.09. The SMILES string of the molecule is COc1cc2nc(Cl)nc(NCCc3nc4ccccc4[nH]3)c2cc1OC. The molecule has 0 spiro atoms. The Kier molecular flexibility index (Phi) is 4.68. The van der Waals surface area contributed by atoms with Crippen LogP contribution in [0, 0.1) is 0 Å². The molecular weight excluding hydrogens is 366 g/mol. The summed E-state index contributed by atoms with van der Waals surface area (Å²) in [6.45, 7) is 0.636. The van der Waals surface area contributed by atoms with Crippen LogP contribution in [-0.4, -0.2) is 40.7 Å². The maximum absolute atomic E-state index is 6.09. The summed E-state index contributed by atoms with van der Waals surface area (Å²) in [5.74, 6) is 2.75. The number of imidazole rings is 1. The normalized spacial score (nSPS) is 11.1. The van der Waals surface area contributed by atoms with Crippen LogP contribution in [0.2, 0.25) is 5.28 Å². The highest BCUT2D eigenvalue weighted by molar-refractivity contribution is 6.28. The Labute approximate surface area is 160 Å². The quantitative estimate of drug-likeness (QED) is 0.492. The van der Waals surface area contributed by atoms with Crippen LogP contribution in [-0.2, 0) is 6.42 Å². The Morgan fingerprint density at radius 1 is 1.00 bits per heavy atom. The smallest absolute Gasteiger partial charge is 0.224 e. The number of H-pyrrole nitrogens is 1. The molecular formula is C19H18ClN5O2. The lowest BCUT2D eigenvalue weighted by atomic mass is 10.2. The van der Waals surface area contributed by atoms with E-state index in [0.717, 1.165) is 22.2 Å². The second-order valence-corrected chi connectivity index (χ2v) is 6.28. The topological polar surface area (TPSA) is 85.0 Å². The van der Waals surface area contributed by atoms with Crippen molar-refractivity contribution in [3.63, 3.8) is 0 Å². The molecule has 27 heavy (non-hydrogen) atoms. The van der Waals surface area contributed by atoms with E-state index in [0.29, 0.717) is 35.8 Å². The van der Waals surface area contributed by atoms with Crippen molar-refractivity contribution in [1.82, 2.24) is 19.9 Å². The van der Waals surface area contributed by atoms with Crippen LogP contribution >= 0.6 is 11.6 Å². The summed E-state index contributed by atoms with van der Waals surface area (Å²) in [6, 6.07) is 11.6. The van der Waals surface area contributed by atoms with Crippen molar-refractivity contribution in [3.05, 3.63) is 47.5 Å². The van der Waals surface area contributed by atoms with Crippen LogP contribution in [0.4, 0.5) is 5.82 Å². The summed E-state index contributed by atoms with van der Waals surface area (Å²) in [6.07, 6.45) is 0.713. The van der Waals surface area contributed by atoms with Gasteiger partial charge in [-0.05, 0) is 29.8 Å². The number of aromatic nitrogens is 4. The number of benzene rings is 2. The Balaban J connectivity index is 1.58. The summed E-state index contributed by atoms with van der Waals surface area (Å²) in [5.41, 5.74) is 2.67. The molecule has 0 atom stereocenters. The number of hydrogen-bond acceptors (Lipinski definition) is 6. The highest BCUT2D eigenvalue weighted by atomic mass is 35.5. The summed E-state index contributed by atoms with van der Waals surface area (Å²) in [5, 5.41) is 4.29. The minimum absolute atomic E-state index is 0.168. The van der Waals surface area contributed by atoms with E-state index < -0.39 is 0 Å². The number of nitrogens with one attached hydrogen (secondary N) is 2. The molecule has 7 nitrogen and oxygen atoms in total. The number of anilines is 1. The minimum atomic E-state index is 0.168. The Hall–Kier alpha value is -3.06. The van der Waals surface area contributed by atoms with Crippen LogP contribution in [0.5, 0.6) is 11.5 Å². The lowest BCUT2D eigenvalue weighted by Gasteiger charge is -2.12. The van der Waals surface area contributed by atoms with E-state index in [1.54, 1.807) is 20.3 Å². The van der Waals surface area contributed by atoms with Gasteiger partial charge in [0.05, 0.1) is 30.8 Å². The predicted molar refractivity (Wildman–Crippen MR) is 106 cm³/mol. The zero-order chi connectivity index (χ0) is 18.8. The van der Waals surface area contributed by atoms with Gasteiger partial charge in [0.25, 0.3) is 0 Å². The Morgan fingerprint density at radius 2 is 1.78 bits per heavy atom.